The van der Waals surface area contributed by atoms with Crippen LogP contribution in [0.5, 0.6) is 5.75 Å². The van der Waals surface area contributed by atoms with Gasteiger partial charge in [0, 0.05) is 23.7 Å². The van der Waals surface area contributed by atoms with E-state index >= 15 is 0 Å². The molecule has 1 fully saturated rings. The molecule has 2 atom stereocenters. The van der Waals surface area contributed by atoms with Crippen LogP contribution in [0.25, 0.3) is 0 Å². The van der Waals surface area contributed by atoms with Crippen molar-refractivity contribution in [2.75, 3.05) is 13.1 Å². The molecule has 0 saturated carbocycles. The maximum absolute atomic E-state index is 13.6. The zero-order valence-electron chi connectivity index (χ0n) is 21.1. The van der Waals surface area contributed by atoms with Crippen molar-refractivity contribution < 1.29 is 14.3 Å². The van der Waals surface area contributed by atoms with E-state index in [2.05, 4.69) is 31.3 Å². The van der Waals surface area contributed by atoms with Gasteiger partial charge in [0.1, 0.15) is 11.8 Å². The molecule has 0 aliphatic carbocycles. The number of hydrogen-bond donors (Lipinski definition) is 1. The number of likely N-dealkylation sites (tertiary alicyclic amines) is 1. The Hall–Kier alpha value is -2.53. The van der Waals surface area contributed by atoms with Crippen LogP contribution < -0.4 is 10.1 Å². The van der Waals surface area contributed by atoms with Gasteiger partial charge in [-0.2, -0.15) is 0 Å². The summed E-state index contributed by atoms with van der Waals surface area (Å²) in [5.74, 6) is 0.645. The maximum atomic E-state index is 13.6. The molecule has 2 amide bonds. The monoisotopic (exact) mass is 484 g/mol. The lowest BCUT2D eigenvalue weighted by molar-refractivity contribution is -0.137. The lowest BCUT2D eigenvalue weighted by Crippen LogP contribution is -2.55. The van der Waals surface area contributed by atoms with E-state index in [0.29, 0.717) is 30.3 Å². The Bertz CT molecular complexity index is 1000. The number of nitrogens with one attached hydrogen (secondary N) is 1. The van der Waals surface area contributed by atoms with Crippen LogP contribution in [0.15, 0.2) is 48.5 Å². The second kappa shape index (κ2) is 10.8. The summed E-state index contributed by atoms with van der Waals surface area (Å²) in [5, 5.41) is 3.71. The number of nitrogens with zero attached hydrogens (tertiary/aromatic N) is 1. The first kappa shape index (κ1) is 26.1. The van der Waals surface area contributed by atoms with Crippen molar-refractivity contribution in [2.24, 2.45) is 11.3 Å². The van der Waals surface area contributed by atoms with Crippen LogP contribution in [-0.4, -0.2) is 41.9 Å². The minimum atomic E-state index is -0.593. The number of halogens is 1. The van der Waals surface area contributed by atoms with Crippen molar-refractivity contribution in [3.63, 3.8) is 0 Å². The number of ether oxygens (including phenoxy) is 1. The molecule has 0 unspecified atom stereocenters. The molecule has 1 N–H and O–H groups in total. The standard InChI is InChI=1S/C28H37ClN2O3/c1-18(2)25(30-26(32)21-8-7-9-23(16-21)34-19(3)4)27(33)31-15-14-24(28(5,6)17-31)20-10-12-22(29)13-11-20/h7-13,16,18-19,24-25H,14-15,17H2,1-6H3,(H,30,32)/t24-,25-/m1/s1. The molecule has 0 spiro atoms. The van der Waals surface area contributed by atoms with E-state index in [0.717, 1.165) is 11.4 Å². The van der Waals surface area contributed by atoms with E-state index in [4.69, 9.17) is 16.3 Å². The molecular weight excluding hydrogens is 448 g/mol. The van der Waals surface area contributed by atoms with Gasteiger partial charge in [-0.15, -0.1) is 0 Å². The third-order valence-electron chi connectivity index (χ3n) is 6.50. The Balaban J connectivity index is 1.71. The summed E-state index contributed by atoms with van der Waals surface area (Å²) in [6.45, 7) is 13.5. The smallest absolute Gasteiger partial charge is 0.252 e. The lowest BCUT2D eigenvalue weighted by atomic mass is 9.70. The fourth-order valence-electron chi connectivity index (χ4n) is 4.78. The molecule has 1 saturated heterocycles. The second-order valence-corrected chi connectivity index (χ2v) is 11.0. The van der Waals surface area contributed by atoms with Gasteiger partial charge in [0.15, 0.2) is 0 Å². The molecule has 0 aromatic heterocycles. The van der Waals surface area contributed by atoms with Gasteiger partial charge < -0.3 is 15.0 Å². The fourth-order valence-corrected chi connectivity index (χ4v) is 4.90. The summed E-state index contributed by atoms with van der Waals surface area (Å²) in [6.07, 6.45) is 0.885. The number of rotatable bonds is 7. The van der Waals surface area contributed by atoms with E-state index in [1.54, 1.807) is 18.2 Å². The third-order valence-corrected chi connectivity index (χ3v) is 6.75. The Morgan fingerprint density at radius 2 is 1.76 bits per heavy atom. The topological polar surface area (TPSA) is 58.6 Å². The van der Waals surface area contributed by atoms with Gasteiger partial charge in [0.25, 0.3) is 5.91 Å². The molecule has 1 aliphatic heterocycles. The molecule has 184 valence electrons. The zero-order chi connectivity index (χ0) is 25.0. The molecule has 0 radical (unpaired) electrons. The highest BCUT2D eigenvalue weighted by molar-refractivity contribution is 6.30. The average Bonchev–Trinajstić information content (AvgIpc) is 2.76. The van der Waals surface area contributed by atoms with Crippen LogP contribution in [0, 0.1) is 11.3 Å². The Kier molecular flexibility index (Phi) is 8.29. The largest absolute Gasteiger partial charge is 0.491 e. The lowest BCUT2D eigenvalue weighted by Gasteiger charge is -2.45. The molecule has 1 aliphatic rings. The van der Waals surface area contributed by atoms with Crippen LogP contribution >= 0.6 is 11.6 Å². The first-order valence-corrected chi connectivity index (χ1v) is 12.5. The molecule has 5 nitrogen and oxygen atoms in total. The molecule has 1 heterocycles. The number of carbonyl (C=O) groups excluding carboxylic acids is 2. The van der Waals surface area contributed by atoms with E-state index < -0.39 is 6.04 Å². The average molecular weight is 485 g/mol. The van der Waals surface area contributed by atoms with Crippen molar-refractivity contribution in [3.05, 3.63) is 64.7 Å². The van der Waals surface area contributed by atoms with Gasteiger partial charge in [-0.05, 0) is 73.4 Å². The van der Waals surface area contributed by atoms with Crippen molar-refractivity contribution in [1.29, 1.82) is 0 Å². The number of carbonyl (C=O) groups is 2. The summed E-state index contributed by atoms with van der Waals surface area (Å²) in [5.41, 5.74) is 1.63. The molecule has 3 rings (SSSR count). The maximum Gasteiger partial charge on any atom is 0.252 e. The summed E-state index contributed by atoms with van der Waals surface area (Å²) >= 11 is 6.07. The minimum Gasteiger partial charge on any atom is -0.491 e. The molecule has 2 aromatic rings. The van der Waals surface area contributed by atoms with Crippen molar-refractivity contribution >= 4 is 23.4 Å². The van der Waals surface area contributed by atoms with Crippen LogP contribution in [0.1, 0.15) is 69.8 Å². The Morgan fingerprint density at radius 3 is 2.35 bits per heavy atom. The minimum absolute atomic E-state index is 0.0162. The van der Waals surface area contributed by atoms with Crippen LogP contribution in [0.2, 0.25) is 5.02 Å². The molecule has 0 bridgehead atoms. The van der Waals surface area contributed by atoms with Crippen molar-refractivity contribution in [2.45, 2.75) is 66.0 Å². The second-order valence-electron chi connectivity index (χ2n) is 10.5. The third kappa shape index (κ3) is 6.32. The number of benzene rings is 2. The van der Waals surface area contributed by atoms with Crippen LogP contribution in [0.3, 0.4) is 0 Å². The first-order chi connectivity index (χ1) is 16.0. The highest BCUT2D eigenvalue weighted by Crippen LogP contribution is 2.42. The highest BCUT2D eigenvalue weighted by Gasteiger charge is 2.40. The summed E-state index contributed by atoms with van der Waals surface area (Å²) in [6, 6.07) is 14.5. The summed E-state index contributed by atoms with van der Waals surface area (Å²) in [4.78, 5) is 28.5. The van der Waals surface area contributed by atoms with E-state index in [1.165, 1.54) is 5.56 Å². The fraction of sp³-hybridized carbons (Fsp3) is 0.500. The molecule has 2 aromatic carbocycles. The van der Waals surface area contributed by atoms with Crippen molar-refractivity contribution in [3.8, 4) is 5.75 Å². The highest BCUT2D eigenvalue weighted by atomic mass is 35.5. The van der Waals surface area contributed by atoms with Gasteiger partial charge in [0.05, 0.1) is 6.10 Å². The van der Waals surface area contributed by atoms with E-state index in [9.17, 15) is 9.59 Å². The van der Waals surface area contributed by atoms with Gasteiger partial charge in [-0.3, -0.25) is 9.59 Å². The van der Waals surface area contributed by atoms with Crippen LogP contribution in [0.4, 0.5) is 0 Å². The predicted molar refractivity (Wildman–Crippen MR) is 137 cm³/mol. The van der Waals surface area contributed by atoms with E-state index in [1.807, 2.05) is 50.8 Å². The Labute approximate surface area is 208 Å². The zero-order valence-corrected chi connectivity index (χ0v) is 21.9. The molecule has 6 heteroatoms. The van der Waals surface area contributed by atoms with Gasteiger partial charge in [-0.1, -0.05) is 57.5 Å². The first-order valence-electron chi connectivity index (χ1n) is 12.1. The summed E-state index contributed by atoms with van der Waals surface area (Å²) < 4.78 is 5.71. The number of amides is 2. The van der Waals surface area contributed by atoms with E-state index in [-0.39, 0.29) is 29.3 Å². The number of hydrogen-bond acceptors (Lipinski definition) is 3. The molecular formula is C28H37ClN2O3. The van der Waals surface area contributed by atoms with Gasteiger partial charge in [-0.25, -0.2) is 0 Å². The SMILES string of the molecule is CC(C)Oc1cccc(C(=O)N[C@@H](C(=O)N2CC[C@H](c3ccc(Cl)cc3)C(C)(C)C2)C(C)C)c1. The van der Waals surface area contributed by atoms with Gasteiger partial charge >= 0.3 is 0 Å². The quantitative estimate of drug-likeness (QED) is 0.530. The van der Waals surface area contributed by atoms with Crippen molar-refractivity contribution in [1.82, 2.24) is 10.2 Å². The van der Waals surface area contributed by atoms with Gasteiger partial charge in [0.2, 0.25) is 5.91 Å². The summed E-state index contributed by atoms with van der Waals surface area (Å²) in [7, 11) is 0. The molecule has 34 heavy (non-hydrogen) atoms. The van der Waals surface area contributed by atoms with Crippen LogP contribution in [-0.2, 0) is 4.79 Å². The Morgan fingerprint density at radius 1 is 1.09 bits per heavy atom. The number of piperidine rings is 1. The normalized spacial score (nSPS) is 18.6. The predicted octanol–water partition coefficient (Wildman–Crippen LogP) is 5.92.